The van der Waals surface area contributed by atoms with Crippen LogP contribution in [0.2, 0.25) is 5.02 Å². The Labute approximate surface area is 262 Å². The van der Waals surface area contributed by atoms with E-state index < -0.39 is 17.9 Å². The van der Waals surface area contributed by atoms with Crippen molar-refractivity contribution in [3.8, 4) is 23.0 Å². The molecule has 0 aliphatic rings. The molecule has 0 saturated heterocycles. The summed E-state index contributed by atoms with van der Waals surface area (Å²) in [6.07, 6.45) is 2.00. The van der Waals surface area contributed by atoms with Gasteiger partial charge in [0.25, 0.3) is 0 Å². The molecule has 3 aromatic carbocycles. The van der Waals surface area contributed by atoms with Crippen LogP contribution in [0.15, 0.2) is 91.0 Å². The van der Waals surface area contributed by atoms with E-state index in [4.69, 9.17) is 35.3 Å². The molecule has 0 fully saturated rings. The first-order valence-corrected chi connectivity index (χ1v) is 13.9. The quantitative estimate of drug-likeness (QED) is 0.0632. The molecule has 0 saturated carbocycles. The molecule has 232 valence electrons. The van der Waals surface area contributed by atoms with E-state index in [1.54, 1.807) is 69.5 Å². The Bertz CT molecular complexity index is 1440. The SMILES string of the molecule is C=C(C)C(=O)Oc1ccc(CCC(=O)Oc2ccc(OC(=O)c3ccc(OCCCOC)cc3)cc2Cl)cc1.C=C(C)C=O. The summed E-state index contributed by atoms with van der Waals surface area (Å²) in [5, 5.41) is 0.122. The molecular weight excluding hydrogens is 588 g/mol. The second-order valence-corrected chi connectivity index (χ2v) is 9.86. The fraction of sp³-hybridized carbons (Fsp3) is 0.235. The van der Waals surface area contributed by atoms with Crippen LogP contribution < -0.4 is 18.9 Å². The van der Waals surface area contributed by atoms with Crippen LogP contribution >= 0.6 is 11.6 Å². The number of methoxy groups -OCH3 is 1. The maximum Gasteiger partial charge on any atom is 0.343 e. The third-order valence-electron chi connectivity index (χ3n) is 5.49. The highest BCUT2D eigenvalue weighted by Crippen LogP contribution is 2.30. The lowest BCUT2D eigenvalue weighted by molar-refractivity contribution is -0.134. The standard InChI is InChI=1S/C30H29ClO8.C4H6O/c1-20(2)29(33)37-24-10-5-21(6-11-24)7-16-28(32)39-27-15-14-25(19-26(27)31)38-30(34)22-8-12-23(13-9-22)36-18-4-17-35-3;1-4(2)3-5/h5-6,8-15,19H,1,4,7,16-18H2,2-3H3;3H,1H2,2H3. The second-order valence-electron chi connectivity index (χ2n) is 9.45. The number of halogens is 1. The Morgan fingerprint density at radius 1 is 0.818 bits per heavy atom. The number of ether oxygens (including phenoxy) is 5. The fourth-order valence-electron chi connectivity index (χ4n) is 3.21. The minimum atomic E-state index is -0.567. The van der Waals surface area contributed by atoms with Crippen LogP contribution in [-0.4, -0.2) is 44.5 Å². The lowest BCUT2D eigenvalue weighted by Gasteiger charge is -2.10. The van der Waals surface area contributed by atoms with Crippen molar-refractivity contribution in [2.45, 2.75) is 33.1 Å². The molecule has 0 radical (unpaired) electrons. The molecule has 0 aliphatic carbocycles. The van der Waals surface area contributed by atoms with Crippen molar-refractivity contribution in [3.05, 3.63) is 107 Å². The molecule has 9 nitrogen and oxygen atoms in total. The molecule has 0 heterocycles. The number of carbonyl (C=O) groups excluding carboxylic acids is 4. The highest BCUT2D eigenvalue weighted by Gasteiger charge is 2.14. The number of rotatable bonds is 14. The largest absolute Gasteiger partial charge is 0.494 e. The second kappa shape index (κ2) is 18.7. The maximum atomic E-state index is 12.5. The van der Waals surface area contributed by atoms with Crippen molar-refractivity contribution in [2.75, 3.05) is 20.3 Å². The highest BCUT2D eigenvalue weighted by molar-refractivity contribution is 6.32. The van der Waals surface area contributed by atoms with Gasteiger partial charge in [0.05, 0.1) is 17.2 Å². The number of aldehydes is 1. The van der Waals surface area contributed by atoms with E-state index in [1.807, 2.05) is 0 Å². The van der Waals surface area contributed by atoms with Gasteiger partial charge in [-0.1, -0.05) is 36.9 Å². The van der Waals surface area contributed by atoms with Gasteiger partial charge in [0.1, 0.15) is 29.3 Å². The Kier molecular flexibility index (Phi) is 15.1. The summed E-state index contributed by atoms with van der Waals surface area (Å²) in [6, 6.07) is 17.7. The highest BCUT2D eigenvalue weighted by atomic mass is 35.5. The average Bonchev–Trinajstić information content (AvgIpc) is 3.00. The van der Waals surface area contributed by atoms with Gasteiger partial charge in [0.2, 0.25) is 0 Å². The zero-order valence-electron chi connectivity index (χ0n) is 24.9. The van der Waals surface area contributed by atoms with Crippen LogP contribution in [0.3, 0.4) is 0 Å². The van der Waals surface area contributed by atoms with E-state index in [0.29, 0.717) is 47.8 Å². The van der Waals surface area contributed by atoms with Crippen LogP contribution in [0.4, 0.5) is 0 Å². The van der Waals surface area contributed by atoms with Gasteiger partial charge in [-0.2, -0.15) is 0 Å². The number of hydrogen-bond acceptors (Lipinski definition) is 9. The lowest BCUT2D eigenvalue weighted by atomic mass is 10.1. The average molecular weight is 623 g/mol. The van der Waals surface area contributed by atoms with Crippen molar-refractivity contribution < 1.29 is 42.9 Å². The summed E-state index contributed by atoms with van der Waals surface area (Å²) in [6.45, 7) is 11.2. The third kappa shape index (κ3) is 13.1. The summed E-state index contributed by atoms with van der Waals surface area (Å²) in [5.41, 5.74) is 2.08. The zero-order chi connectivity index (χ0) is 32.5. The minimum Gasteiger partial charge on any atom is -0.494 e. The number of benzene rings is 3. The van der Waals surface area contributed by atoms with E-state index >= 15 is 0 Å². The monoisotopic (exact) mass is 622 g/mol. The first kappa shape index (κ1) is 35.5. The van der Waals surface area contributed by atoms with E-state index in [9.17, 15) is 19.2 Å². The summed E-state index contributed by atoms with van der Waals surface area (Å²) < 4.78 is 26.5. The minimum absolute atomic E-state index is 0.101. The zero-order valence-corrected chi connectivity index (χ0v) is 25.7. The van der Waals surface area contributed by atoms with Gasteiger partial charge in [-0.25, -0.2) is 9.59 Å². The fourth-order valence-corrected chi connectivity index (χ4v) is 3.42. The molecule has 0 spiro atoms. The summed E-state index contributed by atoms with van der Waals surface area (Å²) in [7, 11) is 1.63. The molecule has 3 rings (SSSR count). The van der Waals surface area contributed by atoms with Gasteiger partial charge < -0.3 is 23.7 Å². The van der Waals surface area contributed by atoms with Crippen molar-refractivity contribution in [2.24, 2.45) is 0 Å². The number of hydrogen-bond donors (Lipinski definition) is 0. The Morgan fingerprint density at radius 3 is 2.00 bits per heavy atom. The molecule has 0 bridgehead atoms. The van der Waals surface area contributed by atoms with Crippen molar-refractivity contribution in [3.63, 3.8) is 0 Å². The normalized spacial score (nSPS) is 10.0. The van der Waals surface area contributed by atoms with Crippen LogP contribution in [0.5, 0.6) is 23.0 Å². The van der Waals surface area contributed by atoms with Crippen molar-refractivity contribution >= 4 is 35.8 Å². The number of allylic oxidation sites excluding steroid dienone is 1. The first-order chi connectivity index (χ1) is 21.0. The van der Waals surface area contributed by atoms with E-state index in [-0.39, 0.29) is 22.9 Å². The van der Waals surface area contributed by atoms with Gasteiger partial charge in [-0.15, -0.1) is 0 Å². The molecule has 10 heteroatoms. The summed E-state index contributed by atoms with van der Waals surface area (Å²) in [5.74, 6) is -0.167. The number of aryl methyl sites for hydroxylation is 1. The van der Waals surface area contributed by atoms with E-state index in [2.05, 4.69) is 13.2 Å². The molecule has 0 aromatic heterocycles. The molecular formula is C34H35ClO9. The summed E-state index contributed by atoms with van der Waals surface area (Å²) in [4.78, 5) is 45.8. The smallest absolute Gasteiger partial charge is 0.343 e. The Hall–Kier alpha value is -4.73. The van der Waals surface area contributed by atoms with Gasteiger partial charge >= 0.3 is 17.9 Å². The molecule has 0 aliphatic heterocycles. The Balaban J connectivity index is 0.00000125. The molecule has 0 N–H and O–H groups in total. The van der Waals surface area contributed by atoms with Crippen LogP contribution in [0.1, 0.15) is 42.6 Å². The first-order valence-electron chi connectivity index (χ1n) is 13.5. The third-order valence-corrected chi connectivity index (χ3v) is 5.79. The Morgan fingerprint density at radius 2 is 1.43 bits per heavy atom. The van der Waals surface area contributed by atoms with Gasteiger partial charge in [-0.05, 0) is 79.9 Å². The number of carbonyl (C=O) groups is 4. The van der Waals surface area contributed by atoms with E-state index in [0.717, 1.165) is 18.3 Å². The predicted octanol–water partition coefficient (Wildman–Crippen LogP) is 6.76. The van der Waals surface area contributed by atoms with Crippen molar-refractivity contribution in [1.29, 1.82) is 0 Å². The van der Waals surface area contributed by atoms with Gasteiger partial charge in [-0.3, -0.25) is 9.59 Å². The van der Waals surface area contributed by atoms with Crippen molar-refractivity contribution in [1.82, 2.24) is 0 Å². The predicted molar refractivity (Wildman–Crippen MR) is 167 cm³/mol. The van der Waals surface area contributed by atoms with Crippen LogP contribution in [0, 0.1) is 0 Å². The molecule has 0 atom stereocenters. The number of esters is 3. The van der Waals surface area contributed by atoms with Crippen LogP contribution in [-0.2, 0) is 25.5 Å². The van der Waals surface area contributed by atoms with Gasteiger partial charge in [0.15, 0.2) is 0 Å². The molecule has 0 unspecified atom stereocenters. The van der Waals surface area contributed by atoms with Gasteiger partial charge in [0, 0.05) is 38.2 Å². The van der Waals surface area contributed by atoms with E-state index in [1.165, 1.54) is 18.2 Å². The summed E-state index contributed by atoms with van der Waals surface area (Å²) >= 11 is 6.25. The molecule has 0 amide bonds. The maximum absolute atomic E-state index is 12.5. The molecule has 44 heavy (non-hydrogen) atoms. The molecule has 3 aromatic rings. The van der Waals surface area contributed by atoms with Crippen LogP contribution in [0.25, 0.3) is 0 Å². The lowest BCUT2D eigenvalue weighted by Crippen LogP contribution is -2.10. The topological polar surface area (TPSA) is 114 Å².